The van der Waals surface area contributed by atoms with Crippen LogP contribution in [0.2, 0.25) is 0 Å². The van der Waals surface area contributed by atoms with Gasteiger partial charge in [0.15, 0.2) is 11.5 Å². The van der Waals surface area contributed by atoms with Gasteiger partial charge in [0.1, 0.15) is 0 Å². The van der Waals surface area contributed by atoms with Crippen LogP contribution in [-0.2, 0) is 0 Å². The average Bonchev–Trinajstić information content (AvgIpc) is 2.65. The lowest BCUT2D eigenvalue weighted by Crippen LogP contribution is -2.26. The molecular weight excluding hydrogens is 250 g/mol. The van der Waals surface area contributed by atoms with Gasteiger partial charge in [0, 0.05) is 11.1 Å². The number of benzene rings is 1. The first-order chi connectivity index (χ1) is 8.89. The van der Waals surface area contributed by atoms with Gasteiger partial charge in [-0.1, -0.05) is 39.8 Å². The summed E-state index contributed by atoms with van der Waals surface area (Å²) in [7, 11) is 0. The highest BCUT2D eigenvalue weighted by Gasteiger charge is 2.46. The normalized spacial score (nSPS) is 16.4. The zero-order chi connectivity index (χ0) is 14.2. The SMILES string of the molecule is CCC(CC)c1ccc(C(C)C)c2c1OC(F)(F)O2. The predicted molar refractivity (Wildman–Crippen MR) is 70.1 cm³/mol. The van der Waals surface area contributed by atoms with Crippen molar-refractivity contribution in [3.05, 3.63) is 23.3 Å². The van der Waals surface area contributed by atoms with Gasteiger partial charge in [0.2, 0.25) is 0 Å². The van der Waals surface area contributed by atoms with Crippen LogP contribution in [0.15, 0.2) is 12.1 Å². The Balaban J connectivity index is 2.54. The van der Waals surface area contributed by atoms with Crippen LogP contribution in [0, 0.1) is 0 Å². The number of ether oxygens (including phenoxy) is 2. The number of hydrogen-bond donors (Lipinski definition) is 0. The Kier molecular flexibility index (Phi) is 3.70. The molecule has 106 valence electrons. The quantitative estimate of drug-likeness (QED) is 0.763. The Bertz CT molecular complexity index is 465. The second-order valence-electron chi connectivity index (χ2n) is 5.24. The lowest BCUT2D eigenvalue weighted by atomic mass is 9.90. The fraction of sp³-hybridized carbons (Fsp3) is 0.600. The molecule has 1 aromatic rings. The molecule has 19 heavy (non-hydrogen) atoms. The van der Waals surface area contributed by atoms with Crippen LogP contribution in [-0.4, -0.2) is 6.29 Å². The minimum absolute atomic E-state index is 0.113. The molecule has 0 aliphatic carbocycles. The largest absolute Gasteiger partial charge is 0.586 e. The highest BCUT2D eigenvalue weighted by atomic mass is 19.3. The van der Waals surface area contributed by atoms with Crippen LogP contribution in [0.25, 0.3) is 0 Å². The van der Waals surface area contributed by atoms with Crippen molar-refractivity contribution in [3.63, 3.8) is 0 Å². The Labute approximate surface area is 112 Å². The van der Waals surface area contributed by atoms with Gasteiger partial charge < -0.3 is 9.47 Å². The minimum atomic E-state index is -3.55. The van der Waals surface area contributed by atoms with Gasteiger partial charge in [-0.25, -0.2) is 0 Å². The first-order valence-corrected chi connectivity index (χ1v) is 6.82. The molecule has 2 rings (SSSR count). The molecule has 0 radical (unpaired) electrons. The van der Waals surface area contributed by atoms with Gasteiger partial charge >= 0.3 is 6.29 Å². The summed E-state index contributed by atoms with van der Waals surface area (Å²) in [5.74, 6) is 0.767. The topological polar surface area (TPSA) is 18.5 Å². The number of alkyl halides is 2. The zero-order valence-corrected chi connectivity index (χ0v) is 11.8. The van der Waals surface area contributed by atoms with Crippen LogP contribution in [0.3, 0.4) is 0 Å². The summed E-state index contributed by atoms with van der Waals surface area (Å²) in [6.45, 7) is 7.99. The fourth-order valence-corrected chi connectivity index (χ4v) is 2.57. The predicted octanol–water partition coefficient (Wildman–Crippen LogP) is 5.04. The van der Waals surface area contributed by atoms with Crippen molar-refractivity contribution < 1.29 is 18.3 Å². The van der Waals surface area contributed by atoms with E-state index in [1.165, 1.54) is 0 Å². The highest BCUT2D eigenvalue weighted by molar-refractivity contribution is 5.56. The van der Waals surface area contributed by atoms with Crippen molar-refractivity contribution in [2.45, 2.75) is 58.7 Å². The van der Waals surface area contributed by atoms with E-state index in [0.717, 1.165) is 24.0 Å². The van der Waals surface area contributed by atoms with Crippen molar-refractivity contribution in [2.75, 3.05) is 0 Å². The molecule has 1 heterocycles. The Morgan fingerprint density at radius 2 is 1.47 bits per heavy atom. The molecule has 0 bridgehead atoms. The van der Waals surface area contributed by atoms with E-state index in [4.69, 9.17) is 9.47 Å². The highest BCUT2D eigenvalue weighted by Crippen LogP contribution is 2.50. The molecule has 0 fully saturated rings. The number of halogens is 2. The minimum Gasteiger partial charge on any atom is -0.395 e. The van der Waals surface area contributed by atoms with Gasteiger partial charge in [0.25, 0.3) is 0 Å². The van der Waals surface area contributed by atoms with Crippen LogP contribution < -0.4 is 9.47 Å². The van der Waals surface area contributed by atoms with E-state index in [1.807, 2.05) is 39.8 Å². The molecule has 0 N–H and O–H groups in total. The Morgan fingerprint density at radius 3 is 1.95 bits per heavy atom. The maximum absolute atomic E-state index is 13.4. The molecule has 0 amide bonds. The third kappa shape index (κ3) is 2.53. The maximum Gasteiger partial charge on any atom is 0.586 e. The molecule has 1 aromatic carbocycles. The van der Waals surface area contributed by atoms with Gasteiger partial charge in [-0.3, -0.25) is 0 Å². The van der Waals surface area contributed by atoms with Crippen LogP contribution in [0.5, 0.6) is 11.5 Å². The molecule has 0 spiro atoms. The molecule has 2 nitrogen and oxygen atoms in total. The van der Waals surface area contributed by atoms with Crippen molar-refractivity contribution in [1.82, 2.24) is 0 Å². The summed E-state index contributed by atoms with van der Waals surface area (Å²) < 4.78 is 36.2. The summed E-state index contributed by atoms with van der Waals surface area (Å²) in [4.78, 5) is 0. The lowest BCUT2D eigenvalue weighted by Gasteiger charge is -2.17. The van der Waals surface area contributed by atoms with E-state index in [0.29, 0.717) is 0 Å². The van der Waals surface area contributed by atoms with Gasteiger partial charge in [-0.2, -0.15) is 0 Å². The first kappa shape index (κ1) is 14.1. The van der Waals surface area contributed by atoms with Crippen molar-refractivity contribution in [1.29, 1.82) is 0 Å². The van der Waals surface area contributed by atoms with Crippen LogP contribution >= 0.6 is 0 Å². The van der Waals surface area contributed by atoms with Crippen molar-refractivity contribution in [2.24, 2.45) is 0 Å². The molecule has 0 atom stereocenters. The molecule has 1 aliphatic rings. The molecule has 0 aromatic heterocycles. The van der Waals surface area contributed by atoms with E-state index in [2.05, 4.69) is 0 Å². The number of hydrogen-bond acceptors (Lipinski definition) is 2. The molecule has 4 heteroatoms. The first-order valence-electron chi connectivity index (χ1n) is 6.82. The number of fused-ring (bicyclic) bond motifs is 1. The van der Waals surface area contributed by atoms with Gasteiger partial charge in [-0.05, 0) is 24.7 Å². The van der Waals surface area contributed by atoms with E-state index in [9.17, 15) is 8.78 Å². The molecule has 0 unspecified atom stereocenters. The van der Waals surface area contributed by atoms with E-state index in [-0.39, 0.29) is 23.3 Å². The maximum atomic E-state index is 13.4. The van der Waals surface area contributed by atoms with Crippen LogP contribution in [0.4, 0.5) is 8.78 Å². The Hall–Kier alpha value is -1.32. The van der Waals surface area contributed by atoms with Crippen LogP contribution in [0.1, 0.15) is 63.5 Å². The average molecular weight is 270 g/mol. The van der Waals surface area contributed by atoms with E-state index in [1.54, 1.807) is 0 Å². The molecule has 0 saturated heterocycles. The molecule has 0 saturated carbocycles. The standard InChI is InChI=1S/C15H20F2O2/c1-5-10(6-2)12-8-7-11(9(3)4)13-14(12)19-15(16,17)18-13/h7-10H,5-6H2,1-4H3. The molecular formula is C15H20F2O2. The smallest absolute Gasteiger partial charge is 0.395 e. The van der Waals surface area contributed by atoms with Crippen molar-refractivity contribution in [3.8, 4) is 11.5 Å². The Morgan fingerprint density at radius 1 is 1.00 bits per heavy atom. The van der Waals surface area contributed by atoms with E-state index < -0.39 is 6.29 Å². The monoisotopic (exact) mass is 270 g/mol. The summed E-state index contributed by atoms with van der Waals surface area (Å²) in [5.41, 5.74) is 1.59. The van der Waals surface area contributed by atoms with Crippen molar-refractivity contribution >= 4 is 0 Å². The second-order valence-corrected chi connectivity index (χ2v) is 5.24. The fourth-order valence-electron chi connectivity index (χ4n) is 2.57. The number of rotatable bonds is 4. The van der Waals surface area contributed by atoms with Gasteiger partial charge in [-0.15, -0.1) is 8.78 Å². The summed E-state index contributed by atoms with van der Waals surface area (Å²) in [6, 6.07) is 3.78. The summed E-state index contributed by atoms with van der Waals surface area (Å²) >= 11 is 0. The van der Waals surface area contributed by atoms with E-state index >= 15 is 0 Å². The third-order valence-electron chi connectivity index (χ3n) is 3.66. The van der Waals surface area contributed by atoms with Gasteiger partial charge in [0.05, 0.1) is 0 Å². The lowest BCUT2D eigenvalue weighted by molar-refractivity contribution is -0.287. The summed E-state index contributed by atoms with van der Waals surface area (Å²) in [6.07, 6.45) is -1.77. The zero-order valence-electron chi connectivity index (χ0n) is 11.8. The third-order valence-corrected chi connectivity index (χ3v) is 3.66. The second kappa shape index (κ2) is 4.99. The molecule has 1 aliphatic heterocycles. The summed E-state index contributed by atoms with van der Waals surface area (Å²) in [5, 5.41) is 0.